The molecule has 1 N–H and O–H groups in total. The summed E-state index contributed by atoms with van der Waals surface area (Å²) in [7, 11) is 0. The monoisotopic (exact) mass is 377 g/mol. The molecule has 0 atom stereocenters. The lowest BCUT2D eigenvalue weighted by Crippen LogP contribution is -1.98. The van der Waals surface area contributed by atoms with Crippen molar-refractivity contribution in [3.05, 3.63) is 38.0 Å². The van der Waals surface area contributed by atoms with E-state index in [1.54, 1.807) is 18.3 Å². The fourth-order valence-electron chi connectivity index (χ4n) is 1.35. The van der Waals surface area contributed by atoms with Crippen molar-refractivity contribution in [3.8, 4) is 0 Å². The molecule has 0 amide bonds. The van der Waals surface area contributed by atoms with Crippen LogP contribution in [0.15, 0.2) is 28.9 Å². The molecule has 0 saturated heterocycles. The molecule has 1 aromatic heterocycles. The molecule has 0 unspecified atom stereocenters. The average molecular weight is 378 g/mol. The van der Waals surface area contributed by atoms with Crippen molar-refractivity contribution in [1.82, 2.24) is 4.98 Å². The number of hydrogen-bond donors (Lipinski definition) is 1. The van der Waals surface area contributed by atoms with Crippen LogP contribution in [0.3, 0.4) is 0 Å². The Labute approximate surface area is 108 Å². The van der Waals surface area contributed by atoms with Crippen LogP contribution >= 0.6 is 38.5 Å². The predicted octanol–water partition coefficient (Wildman–Crippen LogP) is 3.30. The highest BCUT2D eigenvalue weighted by molar-refractivity contribution is 14.1. The predicted molar refractivity (Wildman–Crippen MR) is 69.1 cm³/mol. The Morgan fingerprint density at radius 1 is 1.47 bits per heavy atom. The SMILES string of the molecule is O=C(O)c1ccc(Br)c2ncc(I)cc12. The van der Waals surface area contributed by atoms with Gasteiger partial charge in [-0.15, -0.1) is 0 Å². The molecule has 5 heteroatoms. The van der Waals surface area contributed by atoms with Crippen molar-refractivity contribution >= 4 is 55.4 Å². The van der Waals surface area contributed by atoms with Crippen molar-refractivity contribution in [3.63, 3.8) is 0 Å². The van der Waals surface area contributed by atoms with Gasteiger partial charge in [-0.2, -0.15) is 0 Å². The van der Waals surface area contributed by atoms with Crippen LogP contribution in [0.2, 0.25) is 0 Å². The molecule has 15 heavy (non-hydrogen) atoms. The third-order valence-electron chi connectivity index (χ3n) is 2.00. The number of nitrogens with zero attached hydrogens (tertiary/aromatic N) is 1. The summed E-state index contributed by atoms with van der Waals surface area (Å²) < 4.78 is 1.72. The lowest BCUT2D eigenvalue weighted by Gasteiger charge is -2.04. The average Bonchev–Trinajstić information content (AvgIpc) is 2.17. The van der Waals surface area contributed by atoms with Gasteiger partial charge in [0.15, 0.2) is 0 Å². The Kier molecular flexibility index (Phi) is 2.92. The standard InChI is InChI=1S/C10H5BrINO2/c11-8-2-1-6(10(14)15)7-3-5(12)4-13-9(7)8/h1-4H,(H,14,15). The molecule has 76 valence electrons. The van der Waals surface area contributed by atoms with Crippen LogP contribution in [0.25, 0.3) is 10.9 Å². The number of aromatic nitrogens is 1. The number of carboxylic acid groups (broad SMARTS) is 1. The van der Waals surface area contributed by atoms with E-state index in [2.05, 4.69) is 43.5 Å². The topological polar surface area (TPSA) is 50.2 Å². The summed E-state index contributed by atoms with van der Waals surface area (Å²) in [4.78, 5) is 15.2. The van der Waals surface area contributed by atoms with Crippen LogP contribution in [0.5, 0.6) is 0 Å². The van der Waals surface area contributed by atoms with Gasteiger partial charge in [0, 0.05) is 19.6 Å². The fourth-order valence-corrected chi connectivity index (χ4v) is 2.25. The molecule has 2 rings (SSSR count). The fraction of sp³-hybridized carbons (Fsp3) is 0. The summed E-state index contributed by atoms with van der Waals surface area (Å²) in [5.74, 6) is -0.934. The van der Waals surface area contributed by atoms with Crippen LogP contribution in [0.4, 0.5) is 0 Å². The van der Waals surface area contributed by atoms with E-state index in [1.807, 2.05) is 6.07 Å². The van der Waals surface area contributed by atoms with E-state index in [1.165, 1.54) is 0 Å². The summed E-state index contributed by atoms with van der Waals surface area (Å²) in [6.07, 6.45) is 1.71. The van der Waals surface area contributed by atoms with Gasteiger partial charge in [0.2, 0.25) is 0 Å². The number of benzene rings is 1. The Morgan fingerprint density at radius 2 is 2.20 bits per heavy atom. The second-order valence-corrected chi connectivity index (χ2v) is 5.05. The van der Waals surface area contributed by atoms with Crippen LogP contribution in [-0.2, 0) is 0 Å². The molecule has 0 fully saturated rings. The second-order valence-electron chi connectivity index (χ2n) is 2.95. The molecule has 0 spiro atoms. The summed E-state index contributed by atoms with van der Waals surface area (Å²) >= 11 is 5.46. The highest BCUT2D eigenvalue weighted by atomic mass is 127. The molecule has 1 aromatic carbocycles. The first kappa shape index (κ1) is 10.8. The Bertz CT molecular complexity index is 556. The maximum atomic E-state index is 11.0. The van der Waals surface area contributed by atoms with Crippen LogP contribution in [-0.4, -0.2) is 16.1 Å². The van der Waals surface area contributed by atoms with E-state index in [-0.39, 0.29) is 5.56 Å². The van der Waals surface area contributed by atoms with Crippen LogP contribution in [0.1, 0.15) is 10.4 Å². The maximum absolute atomic E-state index is 11.0. The van der Waals surface area contributed by atoms with Crippen molar-refractivity contribution < 1.29 is 9.90 Å². The number of carbonyl (C=O) groups is 1. The highest BCUT2D eigenvalue weighted by Crippen LogP contribution is 2.26. The zero-order valence-electron chi connectivity index (χ0n) is 7.37. The molecule has 1 heterocycles. The Balaban J connectivity index is 2.90. The minimum Gasteiger partial charge on any atom is -0.478 e. The number of pyridine rings is 1. The smallest absolute Gasteiger partial charge is 0.336 e. The summed E-state index contributed by atoms with van der Waals surface area (Å²) in [5, 5.41) is 9.68. The van der Waals surface area contributed by atoms with Crippen molar-refractivity contribution in [2.75, 3.05) is 0 Å². The third kappa shape index (κ3) is 1.98. The minimum absolute atomic E-state index is 0.277. The molecule has 3 nitrogen and oxygen atoms in total. The summed E-state index contributed by atoms with van der Waals surface area (Å²) in [6.45, 7) is 0. The first-order valence-corrected chi connectivity index (χ1v) is 5.94. The quantitative estimate of drug-likeness (QED) is 0.776. The molecular formula is C10H5BrINO2. The first-order chi connectivity index (χ1) is 7.09. The van der Waals surface area contributed by atoms with Gasteiger partial charge in [0.05, 0.1) is 11.1 Å². The van der Waals surface area contributed by atoms with Crippen molar-refractivity contribution in [2.45, 2.75) is 0 Å². The van der Waals surface area contributed by atoms with Crippen molar-refractivity contribution in [1.29, 1.82) is 0 Å². The maximum Gasteiger partial charge on any atom is 0.336 e. The largest absolute Gasteiger partial charge is 0.478 e. The molecule has 2 aromatic rings. The minimum atomic E-state index is -0.934. The summed E-state index contributed by atoms with van der Waals surface area (Å²) in [6, 6.07) is 5.09. The lowest BCUT2D eigenvalue weighted by atomic mass is 10.1. The zero-order chi connectivity index (χ0) is 11.0. The molecule has 0 bridgehead atoms. The van der Waals surface area contributed by atoms with Crippen LogP contribution < -0.4 is 0 Å². The van der Waals surface area contributed by atoms with Gasteiger partial charge in [-0.3, -0.25) is 4.98 Å². The van der Waals surface area contributed by atoms with E-state index in [9.17, 15) is 4.79 Å². The van der Waals surface area contributed by atoms with Gasteiger partial charge < -0.3 is 5.11 Å². The number of rotatable bonds is 1. The lowest BCUT2D eigenvalue weighted by molar-refractivity contribution is 0.0699. The third-order valence-corrected chi connectivity index (χ3v) is 3.23. The van der Waals surface area contributed by atoms with Gasteiger partial charge >= 0.3 is 5.97 Å². The molecule has 0 radical (unpaired) electrons. The normalized spacial score (nSPS) is 10.5. The number of carboxylic acids is 1. The van der Waals surface area contributed by atoms with Gasteiger partial charge in [-0.1, -0.05) is 0 Å². The number of aromatic carboxylic acids is 1. The zero-order valence-corrected chi connectivity index (χ0v) is 11.1. The van der Waals surface area contributed by atoms with E-state index >= 15 is 0 Å². The highest BCUT2D eigenvalue weighted by Gasteiger charge is 2.11. The molecule has 0 aliphatic rings. The van der Waals surface area contributed by atoms with Gasteiger partial charge in [-0.05, 0) is 56.7 Å². The van der Waals surface area contributed by atoms with E-state index < -0.39 is 5.97 Å². The number of fused-ring (bicyclic) bond motifs is 1. The van der Waals surface area contributed by atoms with E-state index in [0.29, 0.717) is 10.9 Å². The Hall–Kier alpha value is -0.690. The van der Waals surface area contributed by atoms with Gasteiger partial charge in [0.1, 0.15) is 0 Å². The van der Waals surface area contributed by atoms with E-state index in [4.69, 9.17) is 5.11 Å². The van der Waals surface area contributed by atoms with Crippen LogP contribution in [0, 0.1) is 3.57 Å². The summed E-state index contributed by atoms with van der Waals surface area (Å²) in [5.41, 5.74) is 0.953. The molecule has 0 aliphatic heterocycles. The van der Waals surface area contributed by atoms with Crippen molar-refractivity contribution in [2.24, 2.45) is 0 Å². The molecule has 0 aliphatic carbocycles. The number of halogens is 2. The molecular weight excluding hydrogens is 373 g/mol. The first-order valence-electron chi connectivity index (χ1n) is 4.06. The van der Waals surface area contributed by atoms with E-state index in [0.717, 1.165) is 8.04 Å². The molecule has 0 saturated carbocycles. The van der Waals surface area contributed by atoms with Gasteiger partial charge in [0.25, 0.3) is 0 Å². The Morgan fingerprint density at radius 3 is 2.87 bits per heavy atom. The number of hydrogen-bond acceptors (Lipinski definition) is 2. The second kappa shape index (κ2) is 4.05. The van der Waals surface area contributed by atoms with Gasteiger partial charge in [-0.25, -0.2) is 4.79 Å².